The zero-order chi connectivity index (χ0) is 97.0. The quantitative estimate of drug-likeness (QED) is 0.0286. The Bertz CT molecular complexity index is 5170. The van der Waals surface area contributed by atoms with Crippen LogP contribution in [0.3, 0.4) is 0 Å². The molecule has 3 aliphatic rings. The van der Waals surface area contributed by atoms with Gasteiger partial charge in [0.1, 0.15) is 78.3 Å². The molecule has 720 valence electrons. The van der Waals surface area contributed by atoms with Crippen molar-refractivity contribution in [3.05, 3.63) is 120 Å². The molecule has 0 bridgehead atoms. The highest BCUT2D eigenvalue weighted by Crippen LogP contribution is 2.30. The predicted molar refractivity (Wildman–Crippen MR) is 481 cm³/mol. The highest BCUT2D eigenvalue weighted by molar-refractivity contribution is 8.00. The first kappa shape index (κ1) is 103. The molecular weight excluding hydrogens is 1750 g/mol. The van der Waals surface area contributed by atoms with Crippen molar-refractivity contribution < 1.29 is 112 Å². The van der Waals surface area contributed by atoms with Gasteiger partial charge in [0.2, 0.25) is 88.6 Å². The molecule has 0 unspecified atom stereocenters. The number of carboxylic acid groups (broad SMARTS) is 2. The third-order valence-corrected chi connectivity index (χ3v) is 25.0. The fourth-order valence-electron chi connectivity index (χ4n) is 16.5. The predicted octanol–water partition coefficient (Wildman–Crippen LogP) is -2.33. The second-order valence-electron chi connectivity index (χ2n) is 33.6. The minimum Gasteiger partial charge on any atom is -0.508 e. The van der Waals surface area contributed by atoms with E-state index in [0.29, 0.717) is 63.1 Å². The molecule has 0 aliphatic carbocycles. The van der Waals surface area contributed by atoms with Crippen molar-refractivity contribution in [2.24, 2.45) is 17.4 Å². The third kappa shape index (κ3) is 28.3. The lowest BCUT2D eigenvalue weighted by Crippen LogP contribution is -2.61. The lowest BCUT2D eigenvalue weighted by molar-refractivity contribution is -0.149. The first-order valence-electron chi connectivity index (χ1n) is 44.2. The zero-order valence-electron chi connectivity index (χ0n) is 74.9. The summed E-state index contributed by atoms with van der Waals surface area (Å²) >= 11 is 0.693. The van der Waals surface area contributed by atoms with Crippen molar-refractivity contribution in [1.29, 1.82) is 0 Å². The number of imidazole rings is 1. The van der Waals surface area contributed by atoms with Gasteiger partial charge in [-0.2, -0.15) is 0 Å². The van der Waals surface area contributed by atoms with E-state index >= 15 is 33.6 Å². The number of carbonyl (C=O) groups is 18. The van der Waals surface area contributed by atoms with Crippen molar-refractivity contribution in [3.63, 3.8) is 0 Å². The highest BCUT2D eigenvalue weighted by atomic mass is 32.2. The molecule has 15 amide bonds. The Balaban J connectivity index is 1.09. The van der Waals surface area contributed by atoms with E-state index in [0.717, 1.165) is 24.5 Å². The van der Waals surface area contributed by atoms with E-state index in [9.17, 15) is 78.3 Å². The molecule has 0 saturated carbocycles. The number of H-pyrrole nitrogens is 3. The van der Waals surface area contributed by atoms with E-state index in [1.165, 1.54) is 64.9 Å². The topological polar surface area (TPSA) is 645 Å². The smallest absolute Gasteiger partial charge is 0.305 e. The molecule has 3 aromatic heterocycles. The summed E-state index contributed by atoms with van der Waals surface area (Å²) in [6.07, 6.45) is 0.670. The lowest BCUT2D eigenvalue weighted by atomic mass is 9.90. The minimum atomic E-state index is -1.92. The Hall–Kier alpha value is -13.4. The number of nitrogens with zero attached hydrogens (tertiary/aromatic N) is 6. The summed E-state index contributed by atoms with van der Waals surface area (Å²) < 4.78 is 0. The molecule has 3 fully saturated rings. The number of hydrogen-bond acceptors (Lipinski definition) is 24. The molecule has 44 heteroatoms. The zero-order valence-corrected chi connectivity index (χ0v) is 75.7. The number of aliphatic hydroxyl groups is 2. The number of nitrogens with two attached hydrogens (primary N) is 2. The van der Waals surface area contributed by atoms with Crippen molar-refractivity contribution >= 4 is 140 Å². The number of ketones is 1. The number of amides is 15. The molecule has 3 saturated heterocycles. The number of aromatic hydroxyl groups is 1. The summed E-state index contributed by atoms with van der Waals surface area (Å²) in [5, 5.41) is 77.4. The number of carboxylic acids is 2. The fourth-order valence-corrected chi connectivity index (χ4v) is 17.4. The van der Waals surface area contributed by atoms with Crippen LogP contribution in [0.15, 0.2) is 97.7 Å². The standard InChI is InChI=1S/C89H120N20O23S/c1-7-9-22-70-89(132)106(5)68(16-8-2)83(126)98-60(28-29-75(116)117)80(123)104-67(79(122)95-42-73(91)114)45-133-46-74(115)97-63(32-49-24-26-54(111)27-25-49)85(128)105(4)48(3)77(120)101-65(38-76(118)119)88(131)108-31-15-23-69(108)84(127)100-62(36-53-41-92-47-96-53)81(124)99-61(21-14-30-90)87(130)109-43-55(112)37-71(109)72(113)35-50(33-51-39-93-58-19-12-10-17-56(51)58)78(121)103-66(44-110)82(125)102-64(86(129)107(70)6)34-52-40-94-59-20-13-11-18-57(52)59/h10-13,17-20,24-27,39-41,47-48,50,55,60-71,93-94,110-112H,7-9,14-16,21-23,28-38,42-46,90H2,1-6H3,(H2,91,114)(H,92,96)(H,95,122)(H,97,115)(H,98,126)(H,99,124)(H,100,127)(H,101,120)(H,102,125)(H,103,121)(H,104,123)(H,116,117)(H,118,119)/t48-,50+,55+,60-,61-,62-,63-,64-,65-,66-,67-,68-,69-,70-,71-/m0/s1. The first-order valence-corrected chi connectivity index (χ1v) is 45.4. The van der Waals surface area contributed by atoms with E-state index in [4.69, 9.17) is 11.5 Å². The number of Topliss-reactive ketones (excluding diaryl/α,β-unsaturated/α-hetero) is 1. The number of fused-ring (bicyclic) bond motifs is 4. The van der Waals surface area contributed by atoms with Gasteiger partial charge in [0, 0.05) is 125 Å². The van der Waals surface area contributed by atoms with E-state index in [1.54, 1.807) is 67.8 Å². The third-order valence-electron chi connectivity index (χ3n) is 24.0. The second kappa shape index (κ2) is 49.2. The normalized spacial score (nSPS) is 25.0. The van der Waals surface area contributed by atoms with Gasteiger partial charge >= 0.3 is 11.9 Å². The molecule has 21 N–H and O–H groups in total. The second-order valence-corrected chi connectivity index (χ2v) is 34.6. The molecule has 0 spiro atoms. The highest BCUT2D eigenvalue weighted by Gasteiger charge is 2.47. The molecule has 3 aromatic carbocycles. The Morgan fingerprint density at radius 3 is 1.78 bits per heavy atom. The van der Waals surface area contributed by atoms with E-state index in [-0.39, 0.29) is 102 Å². The molecule has 133 heavy (non-hydrogen) atoms. The number of likely N-dealkylation sites (N-methyl/N-ethyl adjacent to an activating group) is 3. The largest absolute Gasteiger partial charge is 0.508 e. The van der Waals surface area contributed by atoms with Crippen LogP contribution in [0, 0.1) is 5.92 Å². The SMILES string of the molecule is CCCC[C@H]1C(=O)N(C)[C@@H](CCC)C(=O)N[C@@H](CCC(=O)O)C(=O)N[C@H](C(=O)NCC(N)=O)CSCC(=O)N[C@@H](Cc2ccc(O)cc2)C(=O)N(C)[C@@H](C)C(=O)N[C@@H](CC(=O)O)C(=O)N2CCC[C@H]2C(=O)N[C@@H](Cc2c[nH]cn2)C(=O)N[C@@H](CCCN)C(=O)N2C[C@H](O)C[C@H]2C(=O)C[C@@H](Cc2c[nH]c3ccccc23)C(=O)N[C@@H](CO)C(=O)N[C@@H](Cc2c[nH]c3ccccc23)C(=O)N1C. The summed E-state index contributed by atoms with van der Waals surface area (Å²) in [6.45, 7) is 2.17. The maximum atomic E-state index is 15.7. The van der Waals surface area contributed by atoms with E-state index in [1.807, 2.05) is 6.92 Å². The van der Waals surface area contributed by atoms with Crippen LogP contribution in [0.25, 0.3) is 21.8 Å². The Morgan fingerprint density at radius 2 is 1.16 bits per heavy atom. The molecule has 3 aliphatic heterocycles. The molecule has 15 atom stereocenters. The molecule has 43 nitrogen and oxygen atoms in total. The molecular formula is C89H120N20O23S. The van der Waals surface area contributed by atoms with Crippen LogP contribution >= 0.6 is 11.8 Å². The number of phenolic OH excluding ortho intramolecular Hbond substituents is 1. The maximum absolute atomic E-state index is 15.7. The van der Waals surface area contributed by atoms with Gasteiger partial charge in [-0.3, -0.25) is 86.3 Å². The Morgan fingerprint density at radius 1 is 0.564 bits per heavy atom. The number of rotatable bonds is 25. The van der Waals surface area contributed by atoms with Gasteiger partial charge in [0.05, 0.1) is 49.5 Å². The van der Waals surface area contributed by atoms with Crippen molar-refractivity contribution in [2.45, 2.75) is 221 Å². The van der Waals surface area contributed by atoms with Crippen molar-refractivity contribution in [3.8, 4) is 5.75 Å². The molecule has 6 heterocycles. The number of aromatic nitrogens is 4. The number of aliphatic hydroxyl groups excluding tert-OH is 2. The van der Waals surface area contributed by atoms with Crippen LogP contribution in [0.5, 0.6) is 5.75 Å². The minimum absolute atomic E-state index is 0.0272. The van der Waals surface area contributed by atoms with Gasteiger partial charge < -0.3 is 124 Å². The number of benzene rings is 3. The monoisotopic (exact) mass is 1870 g/mol. The summed E-state index contributed by atoms with van der Waals surface area (Å²) in [7, 11) is 3.75. The Kier molecular flexibility index (Phi) is 38.3. The van der Waals surface area contributed by atoms with Gasteiger partial charge in [0.15, 0.2) is 5.78 Å². The number of para-hydroxylation sites is 2. The first-order chi connectivity index (χ1) is 63.4. The average molecular weight is 1870 g/mol. The summed E-state index contributed by atoms with van der Waals surface area (Å²) in [5.74, 6) is -21.4. The molecule has 0 radical (unpaired) electrons. The number of primary amides is 1. The molecule has 6 aromatic rings. The van der Waals surface area contributed by atoms with Crippen LogP contribution in [-0.4, -0.2) is 326 Å². The number of phenols is 1. The molecule has 9 rings (SSSR count). The number of hydrogen-bond donors (Lipinski definition) is 19. The van der Waals surface area contributed by atoms with Crippen LogP contribution in [-0.2, 0) is 112 Å². The average Bonchev–Trinajstić information content (AvgIpc) is 1.58. The van der Waals surface area contributed by atoms with Crippen LogP contribution in [0.1, 0.15) is 133 Å². The fraction of sp³-hybridized carbons (Fsp3) is 0.517. The van der Waals surface area contributed by atoms with Gasteiger partial charge in [-0.25, -0.2) is 4.98 Å². The maximum Gasteiger partial charge on any atom is 0.305 e. The van der Waals surface area contributed by atoms with Crippen LogP contribution in [0.4, 0.5) is 0 Å². The van der Waals surface area contributed by atoms with Crippen molar-refractivity contribution in [2.75, 3.05) is 65.4 Å². The number of unbranched alkanes of at least 4 members (excludes halogenated alkanes) is 1. The summed E-state index contributed by atoms with van der Waals surface area (Å²) in [5.41, 5.74) is 14.3. The number of aliphatic carboxylic acids is 2. The number of carbonyl (C=O) groups excluding carboxylic acids is 16. The summed E-state index contributed by atoms with van der Waals surface area (Å²) in [4.78, 5) is 279. The van der Waals surface area contributed by atoms with Gasteiger partial charge in [-0.15, -0.1) is 11.8 Å². The Labute approximate surface area is 770 Å². The van der Waals surface area contributed by atoms with Gasteiger partial charge in [-0.1, -0.05) is 81.6 Å². The van der Waals surface area contributed by atoms with E-state index < -0.39 is 254 Å². The number of aromatic amines is 3. The van der Waals surface area contributed by atoms with Gasteiger partial charge in [0.25, 0.3) is 0 Å². The number of nitrogens with one attached hydrogen (secondary N) is 12. The van der Waals surface area contributed by atoms with Crippen LogP contribution in [0.2, 0.25) is 0 Å². The summed E-state index contributed by atoms with van der Waals surface area (Å²) in [6, 6.07) is -1.57. The van der Waals surface area contributed by atoms with Crippen LogP contribution < -0.4 is 59.3 Å². The lowest BCUT2D eigenvalue weighted by Gasteiger charge is -2.36. The number of thioether (sulfide) groups is 1. The van der Waals surface area contributed by atoms with E-state index in [2.05, 4.69) is 67.8 Å². The van der Waals surface area contributed by atoms with Gasteiger partial charge in [-0.05, 0) is 106 Å². The van der Waals surface area contributed by atoms with Crippen molar-refractivity contribution in [1.82, 2.24) is 92.3 Å².